The highest BCUT2D eigenvalue weighted by atomic mass is 32.1. The lowest BCUT2D eigenvalue weighted by molar-refractivity contribution is 0.683. The number of guanidine groups is 1. The van der Waals surface area contributed by atoms with Crippen molar-refractivity contribution < 1.29 is 0 Å². The van der Waals surface area contributed by atoms with Crippen LogP contribution in [0.4, 0.5) is 5.13 Å². The van der Waals surface area contributed by atoms with Crippen molar-refractivity contribution in [2.45, 2.75) is 45.6 Å². The smallest absolute Gasteiger partial charge is 0.191 e. The third-order valence-corrected chi connectivity index (χ3v) is 6.00. The number of nitrogens with one attached hydrogen (secondary N) is 2. The average Bonchev–Trinajstić information content (AvgIpc) is 3.39. The molecule has 1 aromatic heterocycles. The van der Waals surface area contributed by atoms with Gasteiger partial charge in [0.05, 0.1) is 11.7 Å². The van der Waals surface area contributed by atoms with E-state index in [4.69, 9.17) is 4.98 Å². The zero-order chi connectivity index (χ0) is 19.1. The van der Waals surface area contributed by atoms with Gasteiger partial charge in [-0.1, -0.05) is 31.2 Å². The first-order valence-corrected chi connectivity index (χ1v) is 10.8. The highest BCUT2D eigenvalue weighted by molar-refractivity contribution is 7.13. The molecule has 1 saturated heterocycles. The van der Waals surface area contributed by atoms with Gasteiger partial charge in [-0.2, -0.15) is 0 Å². The van der Waals surface area contributed by atoms with Crippen molar-refractivity contribution in [3.05, 3.63) is 46.5 Å². The van der Waals surface area contributed by atoms with E-state index in [9.17, 15) is 0 Å². The number of hydrogen-bond acceptors (Lipinski definition) is 4. The van der Waals surface area contributed by atoms with Gasteiger partial charge in [-0.25, -0.2) is 4.98 Å². The van der Waals surface area contributed by atoms with Crippen LogP contribution < -0.4 is 15.5 Å². The topological polar surface area (TPSA) is 52.6 Å². The molecule has 0 saturated carbocycles. The lowest BCUT2D eigenvalue weighted by atomic mass is 10.1. The van der Waals surface area contributed by atoms with Gasteiger partial charge in [0.1, 0.15) is 0 Å². The fourth-order valence-electron chi connectivity index (χ4n) is 3.30. The molecule has 2 aromatic rings. The van der Waals surface area contributed by atoms with E-state index in [2.05, 4.69) is 64.0 Å². The molecule has 0 aliphatic carbocycles. The maximum absolute atomic E-state index is 4.78. The van der Waals surface area contributed by atoms with Crippen LogP contribution in [0.25, 0.3) is 0 Å². The van der Waals surface area contributed by atoms with Gasteiger partial charge in [0.15, 0.2) is 11.1 Å². The second-order valence-corrected chi connectivity index (χ2v) is 7.86. The fraction of sp³-hybridized carbons (Fsp3) is 0.524. The maximum Gasteiger partial charge on any atom is 0.191 e. The van der Waals surface area contributed by atoms with E-state index < -0.39 is 0 Å². The number of rotatable bonds is 7. The summed E-state index contributed by atoms with van der Waals surface area (Å²) in [6.07, 6.45) is 4.56. The molecule has 2 N–H and O–H groups in total. The predicted octanol–water partition coefficient (Wildman–Crippen LogP) is 3.77. The summed E-state index contributed by atoms with van der Waals surface area (Å²) in [6.45, 7) is 7.47. The first-order chi connectivity index (χ1) is 13.2. The van der Waals surface area contributed by atoms with E-state index in [0.717, 1.165) is 44.1 Å². The SMILES string of the molecule is CCc1ccc(C(C)NC(=NC)NCCc2csc(N3CCCC3)n2)cc1. The Morgan fingerprint density at radius 2 is 2.00 bits per heavy atom. The molecule has 5 nitrogen and oxygen atoms in total. The first kappa shape index (κ1) is 19.7. The molecule has 2 heterocycles. The van der Waals surface area contributed by atoms with E-state index in [1.165, 1.54) is 29.1 Å². The van der Waals surface area contributed by atoms with Crippen molar-refractivity contribution in [3.63, 3.8) is 0 Å². The van der Waals surface area contributed by atoms with Crippen LogP contribution in [0.5, 0.6) is 0 Å². The molecule has 146 valence electrons. The van der Waals surface area contributed by atoms with Gasteiger partial charge in [0, 0.05) is 38.5 Å². The molecule has 1 aliphatic rings. The second-order valence-electron chi connectivity index (χ2n) is 7.03. The zero-order valence-electron chi connectivity index (χ0n) is 16.7. The van der Waals surface area contributed by atoms with Gasteiger partial charge in [-0.3, -0.25) is 4.99 Å². The Kier molecular flexibility index (Phi) is 7.10. The third kappa shape index (κ3) is 5.45. The summed E-state index contributed by atoms with van der Waals surface area (Å²) in [5.74, 6) is 0.831. The zero-order valence-corrected chi connectivity index (χ0v) is 17.5. The molecule has 0 spiro atoms. The van der Waals surface area contributed by atoms with Crippen LogP contribution in [0, 0.1) is 0 Å². The van der Waals surface area contributed by atoms with Crippen LogP contribution in [-0.2, 0) is 12.8 Å². The molecule has 6 heteroatoms. The number of nitrogens with zero attached hydrogens (tertiary/aromatic N) is 3. The molecule has 1 fully saturated rings. The largest absolute Gasteiger partial charge is 0.356 e. The Morgan fingerprint density at radius 3 is 2.67 bits per heavy atom. The van der Waals surface area contributed by atoms with Crippen LogP contribution in [-0.4, -0.2) is 37.6 Å². The van der Waals surface area contributed by atoms with Crippen molar-refractivity contribution in [3.8, 4) is 0 Å². The number of anilines is 1. The minimum Gasteiger partial charge on any atom is -0.356 e. The summed E-state index contributed by atoms with van der Waals surface area (Å²) in [7, 11) is 1.82. The highest BCUT2D eigenvalue weighted by Gasteiger charge is 2.15. The average molecular weight is 386 g/mol. The molecule has 0 radical (unpaired) electrons. The van der Waals surface area contributed by atoms with E-state index in [1.54, 1.807) is 11.3 Å². The van der Waals surface area contributed by atoms with Gasteiger partial charge in [0.2, 0.25) is 0 Å². The van der Waals surface area contributed by atoms with Gasteiger partial charge < -0.3 is 15.5 Å². The van der Waals surface area contributed by atoms with Gasteiger partial charge in [-0.15, -0.1) is 11.3 Å². The summed E-state index contributed by atoms with van der Waals surface area (Å²) in [5.41, 5.74) is 3.79. The van der Waals surface area contributed by atoms with Crippen LogP contribution >= 0.6 is 11.3 Å². The number of benzene rings is 1. The van der Waals surface area contributed by atoms with Crippen LogP contribution in [0.2, 0.25) is 0 Å². The molecule has 1 aliphatic heterocycles. The van der Waals surface area contributed by atoms with Crippen molar-refractivity contribution in [2.75, 3.05) is 31.6 Å². The molecular weight excluding hydrogens is 354 g/mol. The molecule has 1 unspecified atom stereocenters. The Labute approximate surface area is 166 Å². The standard InChI is InChI=1S/C21H31N5S/c1-4-17-7-9-18(10-8-17)16(2)24-20(22-3)23-12-11-19-15-27-21(25-19)26-13-5-6-14-26/h7-10,15-16H,4-6,11-14H2,1-3H3,(H2,22,23,24). The van der Waals surface area contributed by atoms with Crippen LogP contribution in [0.15, 0.2) is 34.6 Å². The van der Waals surface area contributed by atoms with Crippen molar-refractivity contribution >= 4 is 22.4 Å². The molecule has 27 heavy (non-hydrogen) atoms. The number of aliphatic imine (C=N–C) groups is 1. The molecule has 1 atom stereocenters. The fourth-order valence-corrected chi connectivity index (χ4v) is 4.21. The highest BCUT2D eigenvalue weighted by Crippen LogP contribution is 2.24. The number of hydrogen-bond donors (Lipinski definition) is 2. The molecular formula is C21H31N5S. The lowest BCUT2D eigenvalue weighted by Gasteiger charge is -2.18. The first-order valence-electron chi connectivity index (χ1n) is 9.95. The van der Waals surface area contributed by atoms with Crippen LogP contribution in [0.3, 0.4) is 0 Å². The number of aryl methyl sites for hydroxylation is 1. The Morgan fingerprint density at radius 1 is 1.26 bits per heavy atom. The summed E-state index contributed by atoms with van der Waals surface area (Å²) in [4.78, 5) is 11.5. The lowest BCUT2D eigenvalue weighted by Crippen LogP contribution is -2.39. The second kappa shape index (κ2) is 9.74. The molecule has 0 amide bonds. The summed E-state index contributed by atoms with van der Waals surface area (Å²) in [5, 5.41) is 10.2. The summed E-state index contributed by atoms with van der Waals surface area (Å²) < 4.78 is 0. The number of aromatic nitrogens is 1. The van der Waals surface area contributed by atoms with Gasteiger partial charge in [-0.05, 0) is 37.3 Å². The van der Waals surface area contributed by atoms with E-state index >= 15 is 0 Å². The molecule has 3 rings (SSSR count). The normalized spacial score (nSPS) is 15.8. The van der Waals surface area contributed by atoms with Gasteiger partial charge in [0.25, 0.3) is 0 Å². The minimum atomic E-state index is 0.211. The number of thiazole rings is 1. The quantitative estimate of drug-likeness (QED) is 0.563. The van der Waals surface area contributed by atoms with E-state index in [-0.39, 0.29) is 6.04 Å². The van der Waals surface area contributed by atoms with E-state index in [1.807, 2.05) is 7.05 Å². The van der Waals surface area contributed by atoms with Crippen molar-refractivity contribution in [2.24, 2.45) is 4.99 Å². The van der Waals surface area contributed by atoms with E-state index in [0.29, 0.717) is 0 Å². The molecule has 1 aromatic carbocycles. The summed E-state index contributed by atoms with van der Waals surface area (Å²) >= 11 is 1.76. The Bertz CT molecular complexity index is 731. The van der Waals surface area contributed by atoms with Gasteiger partial charge >= 0.3 is 0 Å². The third-order valence-electron chi connectivity index (χ3n) is 5.05. The predicted molar refractivity (Wildman–Crippen MR) is 116 cm³/mol. The molecule has 0 bridgehead atoms. The Hall–Kier alpha value is -2.08. The van der Waals surface area contributed by atoms with Crippen molar-refractivity contribution in [1.29, 1.82) is 0 Å². The summed E-state index contributed by atoms with van der Waals surface area (Å²) in [6, 6.07) is 8.99. The maximum atomic E-state index is 4.78. The minimum absolute atomic E-state index is 0.211. The van der Waals surface area contributed by atoms with Crippen LogP contribution in [0.1, 0.15) is 49.6 Å². The van der Waals surface area contributed by atoms with Crippen molar-refractivity contribution in [1.82, 2.24) is 15.6 Å². The monoisotopic (exact) mass is 385 g/mol. The Balaban J connectivity index is 1.46.